The van der Waals surface area contributed by atoms with Gasteiger partial charge in [-0.3, -0.25) is 14.3 Å². The summed E-state index contributed by atoms with van der Waals surface area (Å²) in [5, 5.41) is 8.12. The fraction of sp³-hybridized carbons (Fsp3) is 0.444. The maximum absolute atomic E-state index is 14.4. The number of aryl methyl sites for hydroxylation is 1. The second-order valence-corrected chi connectivity index (χ2v) is 9.26. The smallest absolute Gasteiger partial charge is 0.306 e. The van der Waals surface area contributed by atoms with Gasteiger partial charge in [0.25, 0.3) is 5.91 Å². The second-order valence-electron chi connectivity index (χ2n) is 9.26. The van der Waals surface area contributed by atoms with Crippen LogP contribution < -0.4 is 5.32 Å². The van der Waals surface area contributed by atoms with Crippen molar-refractivity contribution in [2.45, 2.75) is 52.0 Å². The predicted molar refractivity (Wildman–Crippen MR) is 130 cm³/mol. The highest BCUT2D eigenvalue weighted by molar-refractivity contribution is 5.97. The van der Waals surface area contributed by atoms with Gasteiger partial charge in [0.05, 0.1) is 17.5 Å². The molecule has 7 heteroatoms. The number of carbonyl (C=O) groups is 2. The highest BCUT2D eigenvalue weighted by atomic mass is 19.1. The Labute approximate surface area is 199 Å². The average Bonchev–Trinajstić information content (AvgIpc) is 3.17. The molecule has 1 heterocycles. The Balaban J connectivity index is 1.35. The third kappa shape index (κ3) is 5.13. The molecule has 0 aliphatic heterocycles. The van der Waals surface area contributed by atoms with Gasteiger partial charge in [0.2, 0.25) is 0 Å². The first-order valence-electron chi connectivity index (χ1n) is 12.1. The number of rotatable bonds is 7. The lowest BCUT2D eigenvalue weighted by atomic mass is 9.77. The van der Waals surface area contributed by atoms with Gasteiger partial charge in [-0.15, -0.1) is 0 Å². The number of hydrogen-bond donors (Lipinski definition) is 1. The van der Waals surface area contributed by atoms with Crippen LogP contribution in [0, 0.1) is 17.7 Å². The van der Waals surface area contributed by atoms with E-state index in [1.807, 2.05) is 25.1 Å². The molecule has 4 rings (SSSR count). The van der Waals surface area contributed by atoms with Crippen molar-refractivity contribution in [3.05, 3.63) is 53.8 Å². The van der Waals surface area contributed by atoms with Gasteiger partial charge in [0.1, 0.15) is 11.5 Å². The summed E-state index contributed by atoms with van der Waals surface area (Å²) < 4.78 is 21.2. The highest BCUT2D eigenvalue weighted by Crippen LogP contribution is 2.33. The molecule has 3 aromatic rings. The first-order valence-corrected chi connectivity index (χ1v) is 12.1. The number of fused-ring (bicyclic) bond motifs is 1. The molecule has 1 saturated carbocycles. The Hall–Kier alpha value is -3.22. The highest BCUT2D eigenvalue weighted by Gasteiger charge is 2.27. The van der Waals surface area contributed by atoms with E-state index < -0.39 is 0 Å². The van der Waals surface area contributed by atoms with E-state index in [1.54, 1.807) is 29.9 Å². The van der Waals surface area contributed by atoms with Crippen LogP contribution in [0.15, 0.2) is 42.5 Å². The van der Waals surface area contributed by atoms with E-state index in [-0.39, 0.29) is 29.7 Å². The summed E-state index contributed by atoms with van der Waals surface area (Å²) in [6.45, 7) is 4.35. The van der Waals surface area contributed by atoms with Crippen LogP contribution in [0.4, 0.5) is 4.39 Å². The van der Waals surface area contributed by atoms with Crippen LogP contribution in [-0.4, -0.2) is 34.3 Å². The number of benzene rings is 2. The van der Waals surface area contributed by atoms with Gasteiger partial charge in [-0.05, 0) is 68.7 Å². The summed E-state index contributed by atoms with van der Waals surface area (Å²) in [7, 11) is 1.79. The third-order valence-electron chi connectivity index (χ3n) is 6.95. The molecule has 0 spiro atoms. The lowest BCUT2D eigenvalue weighted by Gasteiger charge is -2.32. The van der Waals surface area contributed by atoms with Gasteiger partial charge in [-0.2, -0.15) is 5.10 Å². The van der Waals surface area contributed by atoms with Crippen molar-refractivity contribution >= 4 is 22.8 Å². The number of aromatic nitrogens is 2. The Kier molecular flexibility index (Phi) is 7.29. The van der Waals surface area contributed by atoms with Crippen LogP contribution in [0.3, 0.4) is 0 Å². The van der Waals surface area contributed by atoms with Gasteiger partial charge in [-0.25, -0.2) is 4.39 Å². The van der Waals surface area contributed by atoms with E-state index >= 15 is 0 Å². The topological polar surface area (TPSA) is 73.2 Å². The van der Waals surface area contributed by atoms with Gasteiger partial charge in [0.15, 0.2) is 0 Å². The van der Waals surface area contributed by atoms with Crippen LogP contribution in [0.2, 0.25) is 0 Å². The maximum Gasteiger partial charge on any atom is 0.306 e. The zero-order chi connectivity index (χ0) is 24.2. The molecule has 0 unspecified atom stereocenters. The molecule has 1 amide bonds. The molecule has 2 aromatic carbocycles. The first kappa shape index (κ1) is 23.9. The first-order chi connectivity index (χ1) is 16.4. The van der Waals surface area contributed by atoms with Crippen LogP contribution in [0.25, 0.3) is 22.2 Å². The molecule has 1 aliphatic carbocycles. The Bertz CT molecular complexity index is 1160. The molecule has 6 nitrogen and oxygen atoms in total. The molecule has 180 valence electrons. The largest absolute Gasteiger partial charge is 0.466 e. The zero-order valence-corrected chi connectivity index (χ0v) is 20.0. The quantitative estimate of drug-likeness (QED) is 0.483. The van der Waals surface area contributed by atoms with Crippen molar-refractivity contribution in [2.75, 3.05) is 6.61 Å². The summed E-state index contributed by atoms with van der Waals surface area (Å²) in [4.78, 5) is 24.6. The summed E-state index contributed by atoms with van der Waals surface area (Å²) in [5.74, 6) is 0.220. The van der Waals surface area contributed by atoms with Crippen LogP contribution in [0.1, 0.15) is 56.3 Å². The number of esters is 1. The van der Waals surface area contributed by atoms with E-state index in [0.717, 1.165) is 36.8 Å². The standard InChI is InChI=1S/C27H32FN3O3/c1-4-34-24(32)16-17(2)18-12-14-21(15-13-18)29-27(33)20-10-8-19(9-11-20)26-25-22(28)6-5-7-23(25)31(3)30-26/h5-11,17-18,21H,4,12-16H2,1-3H3,(H,29,33)/t17-,18?,21?/m0/s1. The Morgan fingerprint density at radius 2 is 1.85 bits per heavy atom. The monoisotopic (exact) mass is 465 g/mol. The molecule has 0 bridgehead atoms. The van der Waals surface area contributed by atoms with Crippen molar-refractivity contribution in [3.8, 4) is 11.3 Å². The van der Waals surface area contributed by atoms with E-state index in [2.05, 4.69) is 17.3 Å². The van der Waals surface area contributed by atoms with Crippen molar-refractivity contribution in [1.82, 2.24) is 15.1 Å². The molecule has 1 N–H and O–H groups in total. The van der Waals surface area contributed by atoms with Crippen molar-refractivity contribution in [1.29, 1.82) is 0 Å². The second kappa shape index (κ2) is 10.4. The molecule has 1 fully saturated rings. The number of nitrogens with zero attached hydrogens (tertiary/aromatic N) is 2. The van der Waals surface area contributed by atoms with E-state index in [0.29, 0.717) is 35.6 Å². The van der Waals surface area contributed by atoms with Gasteiger partial charge < -0.3 is 10.1 Å². The number of ether oxygens (including phenoxy) is 1. The minimum Gasteiger partial charge on any atom is -0.466 e. The average molecular weight is 466 g/mol. The Morgan fingerprint density at radius 1 is 1.15 bits per heavy atom. The van der Waals surface area contributed by atoms with Gasteiger partial charge in [-0.1, -0.05) is 25.1 Å². The minimum absolute atomic E-state index is 0.105. The lowest BCUT2D eigenvalue weighted by Crippen LogP contribution is -2.38. The fourth-order valence-corrected chi connectivity index (χ4v) is 5.00. The molecular weight excluding hydrogens is 433 g/mol. The summed E-state index contributed by atoms with van der Waals surface area (Å²) in [6, 6.07) is 12.2. The van der Waals surface area contributed by atoms with Crippen LogP contribution in [-0.2, 0) is 16.6 Å². The van der Waals surface area contributed by atoms with Crippen LogP contribution >= 0.6 is 0 Å². The number of amides is 1. The maximum atomic E-state index is 14.4. The zero-order valence-electron chi connectivity index (χ0n) is 20.0. The van der Waals surface area contributed by atoms with Crippen molar-refractivity contribution in [3.63, 3.8) is 0 Å². The summed E-state index contributed by atoms with van der Waals surface area (Å²) in [6.07, 6.45) is 4.24. The summed E-state index contributed by atoms with van der Waals surface area (Å²) in [5.41, 5.74) is 2.63. The number of nitrogens with one attached hydrogen (secondary N) is 1. The number of halogens is 1. The fourth-order valence-electron chi connectivity index (χ4n) is 5.00. The molecular formula is C27H32FN3O3. The van der Waals surface area contributed by atoms with E-state index in [9.17, 15) is 14.0 Å². The van der Waals surface area contributed by atoms with Gasteiger partial charge in [0, 0.05) is 30.6 Å². The molecule has 0 radical (unpaired) electrons. The molecule has 1 aromatic heterocycles. The molecule has 1 aliphatic rings. The predicted octanol–water partition coefficient (Wildman–Crippen LogP) is 5.26. The van der Waals surface area contributed by atoms with Crippen molar-refractivity contribution < 1.29 is 18.7 Å². The normalized spacial score (nSPS) is 19.1. The van der Waals surface area contributed by atoms with E-state index in [1.165, 1.54) is 6.07 Å². The molecule has 34 heavy (non-hydrogen) atoms. The number of carbonyl (C=O) groups excluding carboxylic acids is 2. The van der Waals surface area contributed by atoms with E-state index in [4.69, 9.17) is 4.74 Å². The molecule has 0 saturated heterocycles. The molecule has 1 atom stereocenters. The minimum atomic E-state index is -0.311. The van der Waals surface area contributed by atoms with Crippen LogP contribution in [0.5, 0.6) is 0 Å². The Morgan fingerprint density at radius 3 is 2.53 bits per heavy atom. The SMILES string of the molecule is CCOC(=O)C[C@H](C)C1CCC(NC(=O)c2ccc(-c3nn(C)c4cccc(F)c34)cc2)CC1. The van der Waals surface area contributed by atoms with Crippen molar-refractivity contribution in [2.24, 2.45) is 18.9 Å². The van der Waals surface area contributed by atoms with Gasteiger partial charge >= 0.3 is 5.97 Å². The number of hydrogen-bond acceptors (Lipinski definition) is 4. The third-order valence-corrected chi connectivity index (χ3v) is 6.95. The summed E-state index contributed by atoms with van der Waals surface area (Å²) >= 11 is 0. The lowest BCUT2D eigenvalue weighted by molar-refractivity contribution is -0.144.